The molecule has 1 saturated carbocycles. The first-order valence-corrected chi connectivity index (χ1v) is 6.67. The van der Waals surface area contributed by atoms with Crippen LogP contribution in [0.3, 0.4) is 0 Å². The van der Waals surface area contributed by atoms with Gasteiger partial charge in [-0.15, -0.1) is 0 Å². The average Bonchev–Trinajstić information content (AvgIpc) is 2.34. The lowest BCUT2D eigenvalue weighted by molar-refractivity contribution is -0.153. The molecule has 1 aromatic carbocycles. The summed E-state index contributed by atoms with van der Waals surface area (Å²) in [6.07, 6.45) is 2.84. The largest absolute Gasteiger partial charge is 0.480 e. The van der Waals surface area contributed by atoms with Crippen molar-refractivity contribution in [1.82, 2.24) is 4.90 Å². The quantitative estimate of drug-likeness (QED) is 0.884. The molecule has 0 radical (unpaired) electrons. The number of carboxylic acids is 1. The predicted molar refractivity (Wildman–Crippen MR) is 71.4 cm³/mol. The minimum absolute atomic E-state index is 0.0190. The Morgan fingerprint density at radius 2 is 1.95 bits per heavy atom. The summed E-state index contributed by atoms with van der Waals surface area (Å²) in [5.41, 5.74) is 0.961. The first-order chi connectivity index (χ1) is 9.09. The van der Waals surface area contributed by atoms with E-state index in [0.29, 0.717) is 6.54 Å². The Morgan fingerprint density at radius 1 is 1.32 bits per heavy atom. The van der Waals surface area contributed by atoms with E-state index < -0.39 is 12.0 Å². The van der Waals surface area contributed by atoms with Crippen LogP contribution in [0.4, 0.5) is 0 Å². The zero-order valence-corrected chi connectivity index (χ0v) is 11.1. The lowest BCUT2D eigenvalue weighted by Gasteiger charge is -2.34. The van der Waals surface area contributed by atoms with Crippen LogP contribution in [0.15, 0.2) is 30.3 Å². The highest BCUT2D eigenvalue weighted by Crippen LogP contribution is 2.29. The fourth-order valence-corrected chi connectivity index (χ4v) is 2.21. The van der Waals surface area contributed by atoms with E-state index in [1.54, 1.807) is 6.92 Å². The van der Waals surface area contributed by atoms with Crippen molar-refractivity contribution in [2.45, 2.75) is 38.8 Å². The van der Waals surface area contributed by atoms with Gasteiger partial charge in [0.05, 0.1) is 0 Å². The maximum Gasteiger partial charge on any atom is 0.326 e. The zero-order chi connectivity index (χ0) is 13.8. The van der Waals surface area contributed by atoms with Crippen molar-refractivity contribution in [3.8, 4) is 0 Å². The van der Waals surface area contributed by atoms with E-state index in [-0.39, 0.29) is 11.8 Å². The number of amides is 1. The Balaban J connectivity index is 2.14. The SMILES string of the molecule is C[C@H](C(=O)O)N(Cc1ccccc1)C(=O)C1CCC1. The maximum atomic E-state index is 12.3. The van der Waals surface area contributed by atoms with Crippen molar-refractivity contribution in [2.24, 2.45) is 5.92 Å². The van der Waals surface area contributed by atoms with Gasteiger partial charge in [-0.05, 0) is 25.3 Å². The van der Waals surface area contributed by atoms with Crippen molar-refractivity contribution in [2.75, 3.05) is 0 Å². The van der Waals surface area contributed by atoms with Gasteiger partial charge in [0.2, 0.25) is 5.91 Å². The molecule has 1 aromatic rings. The minimum Gasteiger partial charge on any atom is -0.480 e. The van der Waals surface area contributed by atoms with Gasteiger partial charge in [-0.2, -0.15) is 0 Å². The molecule has 0 saturated heterocycles. The van der Waals surface area contributed by atoms with Crippen LogP contribution < -0.4 is 0 Å². The molecule has 0 spiro atoms. The van der Waals surface area contributed by atoms with Crippen molar-refractivity contribution < 1.29 is 14.7 Å². The van der Waals surface area contributed by atoms with Crippen molar-refractivity contribution in [3.63, 3.8) is 0 Å². The number of carbonyl (C=O) groups is 2. The molecule has 0 aromatic heterocycles. The van der Waals surface area contributed by atoms with Gasteiger partial charge in [0.25, 0.3) is 0 Å². The van der Waals surface area contributed by atoms with E-state index in [0.717, 1.165) is 24.8 Å². The summed E-state index contributed by atoms with van der Waals surface area (Å²) in [7, 11) is 0. The molecule has 102 valence electrons. The molecular weight excluding hydrogens is 242 g/mol. The molecule has 1 aliphatic carbocycles. The van der Waals surface area contributed by atoms with E-state index in [4.69, 9.17) is 5.11 Å². The number of aliphatic carboxylic acids is 1. The Hall–Kier alpha value is -1.84. The fraction of sp³-hybridized carbons (Fsp3) is 0.467. The summed E-state index contributed by atoms with van der Waals surface area (Å²) < 4.78 is 0. The molecule has 4 nitrogen and oxygen atoms in total. The number of carbonyl (C=O) groups excluding carboxylic acids is 1. The third-order valence-corrected chi connectivity index (χ3v) is 3.76. The van der Waals surface area contributed by atoms with E-state index in [9.17, 15) is 9.59 Å². The Bertz CT molecular complexity index is 454. The Morgan fingerprint density at radius 3 is 2.42 bits per heavy atom. The predicted octanol–water partition coefficient (Wildman–Crippen LogP) is 2.29. The Labute approximate surface area is 113 Å². The highest BCUT2D eigenvalue weighted by molar-refractivity contribution is 5.85. The third kappa shape index (κ3) is 3.13. The van der Waals surface area contributed by atoms with Gasteiger partial charge in [-0.1, -0.05) is 36.8 Å². The molecule has 1 N–H and O–H groups in total. The van der Waals surface area contributed by atoms with Crippen LogP contribution in [0.1, 0.15) is 31.7 Å². The van der Waals surface area contributed by atoms with E-state index in [1.807, 2.05) is 30.3 Å². The normalized spacial score (nSPS) is 16.5. The molecule has 0 aliphatic heterocycles. The average molecular weight is 261 g/mol. The number of hydrogen-bond donors (Lipinski definition) is 1. The van der Waals surface area contributed by atoms with Crippen LogP contribution in [-0.4, -0.2) is 27.9 Å². The maximum absolute atomic E-state index is 12.3. The van der Waals surface area contributed by atoms with Gasteiger partial charge in [-0.3, -0.25) is 4.79 Å². The van der Waals surface area contributed by atoms with Crippen LogP contribution in [0, 0.1) is 5.92 Å². The molecule has 1 atom stereocenters. The van der Waals surface area contributed by atoms with Crippen LogP contribution >= 0.6 is 0 Å². The van der Waals surface area contributed by atoms with Crippen LogP contribution in [0.2, 0.25) is 0 Å². The van der Waals surface area contributed by atoms with E-state index in [2.05, 4.69) is 0 Å². The highest BCUT2D eigenvalue weighted by atomic mass is 16.4. The van der Waals surface area contributed by atoms with E-state index >= 15 is 0 Å². The monoisotopic (exact) mass is 261 g/mol. The number of nitrogens with zero attached hydrogens (tertiary/aromatic N) is 1. The summed E-state index contributed by atoms with van der Waals surface area (Å²) in [6, 6.07) is 8.74. The second kappa shape index (κ2) is 5.87. The lowest BCUT2D eigenvalue weighted by Crippen LogP contribution is -2.46. The van der Waals surface area contributed by atoms with Gasteiger partial charge in [0, 0.05) is 12.5 Å². The summed E-state index contributed by atoms with van der Waals surface area (Å²) >= 11 is 0. The van der Waals surface area contributed by atoms with Crippen LogP contribution in [0.25, 0.3) is 0 Å². The van der Waals surface area contributed by atoms with Crippen molar-refractivity contribution in [3.05, 3.63) is 35.9 Å². The van der Waals surface area contributed by atoms with Gasteiger partial charge < -0.3 is 10.0 Å². The fourth-order valence-electron chi connectivity index (χ4n) is 2.21. The Kier molecular flexibility index (Phi) is 4.20. The molecular formula is C15H19NO3. The van der Waals surface area contributed by atoms with Gasteiger partial charge >= 0.3 is 5.97 Å². The molecule has 0 heterocycles. The number of hydrogen-bond acceptors (Lipinski definition) is 2. The molecule has 1 fully saturated rings. The second-order valence-corrected chi connectivity index (χ2v) is 5.09. The van der Waals surface area contributed by atoms with Crippen LogP contribution in [0.5, 0.6) is 0 Å². The van der Waals surface area contributed by atoms with E-state index in [1.165, 1.54) is 4.90 Å². The molecule has 0 bridgehead atoms. The molecule has 1 aliphatic rings. The van der Waals surface area contributed by atoms with Gasteiger partial charge in [-0.25, -0.2) is 4.79 Å². The molecule has 1 amide bonds. The number of benzene rings is 1. The third-order valence-electron chi connectivity index (χ3n) is 3.76. The van der Waals surface area contributed by atoms with Crippen LogP contribution in [-0.2, 0) is 16.1 Å². The molecule has 2 rings (SSSR count). The van der Waals surface area contributed by atoms with Crippen molar-refractivity contribution >= 4 is 11.9 Å². The molecule has 4 heteroatoms. The van der Waals surface area contributed by atoms with Gasteiger partial charge in [0.1, 0.15) is 6.04 Å². The highest BCUT2D eigenvalue weighted by Gasteiger charge is 2.33. The second-order valence-electron chi connectivity index (χ2n) is 5.09. The molecule has 19 heavy (non-hydrogen) atoms. The summed E-state index contributed by atoms with van der Waals surface area (Å²) in [6.45, 7) is 1.94. The standard InChI is InChI=1S/C15H19NO3/c1-11(15(18)19)16(14(17)13-8-5-9-13)10-12-6-3-2-4-7-12/h2-4,6-7,11,13H,5,8-10H2,1H3,(H,18,19)/t11-/m1/s1. The number of carboxylic acid groups (broad SMARTS) is 1. The summed E-state index contributed by atoms with van der Waals surface area (Å²) in [5.74, 6) is -0.959. The topological polar surface area (TPSA) is 57.6 Å². The lowest BCUT2D eigenvalue weighted by atomic mass is 9.84. The first kappa shape index (κ1) is 13.6. The van der Waals surface area contributed by atoms with Gasteiger partial charge in [0.15, 0.2) is 0 Å². The van der Waals surface area contributed by atoms with Crippen molar-refractivity contribution in [1.29, 1.82) is 0 Å². The zero-order valence-electron chi connectivity index (χ0n) is 11.1. The molecule has 0 unspecified atom stereocenters. The summed E-state index contributed by atoms with van der Waals surface area (Å²) in [5, 5.41) is 9.16. The summed E-state index contributed by atoms with van der Waals surface area (Å²) in [4.78, 5) is 25.0. The number of rotatable bonds is 5. The minimum atomic E-state index is -0.955. The first-order valence-electron chi connectivity index (χ1n) is 6.67. The smallest absolute Gasteiger partial charge is 0.326 e.